The zero-order chi connectivity index (χ0) is 15.3. The first-order chi connectivity index (χ1) is 9.32. The number of rotatable bonds is 6. The molecule has 110 valence electrons. The van der Waals surface area contributed by atoms with Crippen LogP contribution in [-0.4, -0.2) is 28.6 Å². The number of amides is 1. The minimum Gasteiger partial charge on any atom is -0.393 e. The van der Waals surface area contributed by atoms with E-state index in [1.807, 2.05) is 13.8 Å². The van der Waals surface area contributed by atoms with Crippen molar-refractivity contribution in [3.05, 3.63) is 38.9 Å². The van der Waals surface area contributed by atoms with Gasteiger partial charge in [-0.05, 0) is 18.4 Å². The van der Waals surface area contributed by atoms with Crippen LogP contribution >= 0.6 is 11.6 Å². The lowest BCUT2D eigenvalue weighted by Gasteiger charge is -2.14. The Morgan fingerprint density at radius 1 is 1.50 bits per heavy atom. The summed E-state index contributed by atoms with van der Waals surface area (Å²) in [5.74, 6) is -0.296. The fraction of sp³-hybridized carbons (Fsp3) is 0.462. The van der Waals surface area contributed by atoms with Crippen LogP contribution in [0.25, 0.3) is 0 Å². The van der Waals surface area contributed by atoms with E-state index in [1.54, 1.807) is 0 Å². The summed E-state index contributed by atoms with van der Waals surface area (Å²) in [4.78, 5) is 21.8. The number of halogens is 1. The van der Waals surface area contributed by atoms with Gasteiger partial charge in [-0.1, -0.05) is 25.4 Å². The number of nitro benzene ring substituents is 1. The first-order valence-corrected chi connectivity index (χ1v) is 6.61. The van der Waals surface area contributed by atoms with Crippen molar-refractivity contribution in [2.45, 2.75) is 26.4 Å². The molecule has 0 aliphatic heterocycles. The number of aliphatic hydroxyl groups excluding tert-OH is 1. The highest BCUT2D eigenvalue weighted by Gasteiger charge is 2.15. The molecule has 1 atom stereocenters. The van der Waals surface area contributed by atoms with Crippen LogP contribution in [0, 0.1) is 16.0 Å². The maximum atomic E-state index is 11.9. The van der Waals surface area contributed by atoms with E-state index in [4.69, 9.17) is 11.6 Å². The lowest BCUT2D eigenvalue weighted by atomic mass is 10.0. The van der Waals surface area contributed by atoms with Crippen molar-refractivity contribution in [3.63, 3.8) is 0 Å². The molecule has 0 bridgehead atoms. The number of nitrogens with one attached hydrogen (secondary N) is 1. The SMILES string of the molecule is CC(C)C(O)CCNC(=O)c1ccc([N+](=O)[O-])cc1Cl. The highest BCUT2D eigenvalue weighted by atomic mass is 35.5. The zero-order valence-electron chi connectivity index (χ0n) is 11.3. The van der Waals surface area contributed by atoms with Gasteiger partial charge >= 0.3 is 0 Å². The third-order valence-corrected chi connectivity index (χ3v) is 3.22. The number of nitro groups is 1. The summed E-state index contributed by atoms with van der Waals surface area (Å²) in [5, 5.41) is 22.8. The second-order valence-corrected chi connectivity index (χ2v) is 5.18. The summed E-state index contributed by atoms with van der Waals surface area (Å²) < 4.78 is 0. The van der Waals surface area contributed by atoms with Gasteiger partial charge < -0.3 is 10.4 Å². The van der Waals surface area contributed by atoms with E-state index in [0.717, 1.165) is 6.07 Å². The van der Waals surface area contributed by atoms with Gasteiger partial charge in [0.25, 0.3) is 11.6 Å². The van der Waals surface area contributed by atoms with E-state index in [2.05, 4.69) is 5.32 Å². The van der Waals surface area contributed by atoms with Gasteiger partial charge in [-0.15, -0.1) is 0 Å². The van der Waals surface area contributed by atoms with Gasteiger partial charge in [-0.3, -0.25) is 14.9 Å². The van der Waals surface area contributed by atoms with Crippen LogP contribution in [0.4, 0.5) is 5.69 Å². The Labute approximate surface area is 121 Å². The molecular weight excluding hydrogens is 284 g/mol. The van der Waals surface area contributed by atoms with Crippen LogP contribution in [0.2, 0.25) is 5.02 Å². The maximum absolute atomic E-state index is 11.9. The standard InChI is InChI=1S/C13H17ClN2O4/c1-8(2)12(17)5-6-15-13(18)10-4-3-9(16(19)20)7-11(10)14/h3-4,7-8,12,17H,5-6H2,1-2H3,(H,15,18). The molecule has 0 heterocycles. The Kier molecular flexibility index (Phi) is 5.91. The first-order valence-electron chi connectivity index (χ1n) is 6.23. The molecule has 1 aromatic rings. The van der Waals surface area contributed by atoms with Gasteiger partial charge in [0.15, 0.2) is 0 Å². The summed E-state index contributed by atoms with van der Waals surface area (Å²) in [5.41, 5.74) is 0.0121. The third kappa shape index (κ3) is 4.47. The first kappa shape index (κ1) is 16.4. The molecule has 0 saturated heterocycles. The van der Waals surface area contributed by atoms with Gasteiger partial charge in [-0.2, -0.15) is 0 Å². The molecule has 20 heavy (non-hydrogen) atoms. The molecule has 0 radical (unpaired) electrons. The number of carbonyl (C=O) groups is 1. The molecule has 1 aromatic carbocycles. The van der Waals surface area contributed by atoms with Gasteiger partial charge in [0.05, 0.1) is 21.6 Å². The predicted molar refractivity (Wildman–Crippen MR) is 75.9 cm³/mol. The van der Waals surface area contributed by atoms with E-state index >= 15 is 0 Å². The summed E-state index contributed by atoms with van der Waals surface area (Å²) in [6, 6.07) is 3.68. The minimum absolute atomic E-state index is 0.0288. The van der Waals surface area contributed by atoms with E-state index < -0.39 is 16.9 Å². The van der Waals surface area contributed by atoms with Crippen molar-refractivity contribution in [3.8, 4) is 0 Å². The lowest BCUT2D eigenvalue weighted by molar-refractivity contribution is -0.384. The second-order valence-electron chi connectivity index (χ2n) is 4.78. The van der Waals surface area contributed by atoms with Crippen molar-refractivity contribution >= 4 is 23.2 Å². The van der Waals surface area contributed by atoms with Crippen LogP contribution in [-0.2, 0) is 0 Å². The number of non-ortho nitro benzene ring substituents is 1. The van der Waals surface area contributed by atoms with Crippen molar-refractivity contribution in [2.24, 2.45) is 5.92 Å². The van der Waals surface area contributed by atoms with Crippen molar-refractivity contribution in [1.29, 1.82) is 0 Å². The summed E-state index contributed by atoms with van der Waals surface area (Å²) >= 11 is 5.85. The molecular formula is C13H17ClN2O4. The van der Waals surface area contributed by atoms with Crippen molar-refractivity contribution in [2.75, 3.05) is 6.54 Å². The molecule has 1 amide bonds. The number of carbonyl (C=O) groups excluding carboxylic acids is 1. The number of hydrogen-bond acceptors (Lipinski definition) is 4. The number of benzene rings is 1. The van der Waals surface area contributed by atoms with Crippen LogP contribution in [0.5, 0.6) is 0 Å². The Hall–Kier alpha value is -1.66. The smallest absolute Gasteiger partial charge is 0.270 e. The Morgan fingerprint density at radius 3 is 2.65 bits per heavy atom. The van der Waals surface area contributed by atoms with Gasteiger partial charge in [0, 0.05) is 18.7 Å². The molecule has 2 N–H and O–H groups in total. The fourth-order valence-corrected chi connectivity index (χ4v) is 1.82. The molecule has 0 aromatic heterocycles. The molecule has 1 unspecified atom stereocenters. The Balaban J connectivity index is 2.62. The minimum atomic E-state index is -0.577. The highest BCUT2D eigenvalue weighted by molar-refractivity contribution is 6.34. The van der Waals surface area contributed by atoms with Gasteiger partial charge in [0.1, 0.15) is 0 Å². The molecule has 0 fully saturated rings. The quantitative estimate of drug-likeness (QED) is 0.623. The maximum Gasteiger partial charge on any atom is 0.270 e. The summed E-state index contributed by atoms with van der Waals surface area (Å²) in [6.07, 6.45) is -0.0452. The molecule has 1 rings (SSSR count). The van der Waals surface area contributed by atoms with Gasteiger partial charge in [-0.25, -0.2) is 0 Å². The molecule has 7 heteroatoms. The summed E-state index contributed by atoms with van der Waals surface area (Å²) in [6.45, 7) is 4.09. The number of aliphatic hydroxyl groups is 1. The zero-order valence-corrected chi connectivity index (χ0v) is 12.1. The van der Waals surface area contributed by atoms with Crippen LogP contribution < -0.4 is 5.32 Å². The number of hydrogen-bond donors (Lipinski definition) is 2. The van der Waals surface area contributed by atoms with E-state index in [0.29, 0.717) is 13.0 Å². The Morgan fingerprint density at radius 2 is 2.15 bits per heavy atom. The average Bonchev–Trinajstić information content (AvgIpc) is 2.37. The summed E-state index contributed by atoms with van der Waals surface area (Å²) in [7, 11) is 0. The highest BCUT2D eigenvalue weighted by Crippen LogP contribution is 2.22. The normalized spacial score (nSPS) is 12.2. The van der Waals surface area contributed by atoms with Crippen molar-refractivity contribution in [1.82, 2.24) is 5.32 Å². The fourth-order valence-electron chi connectivity index (χ4n) is 1.56. The molecule has 0 saturated carbocycles. The van der Waals surface area contributed by atoms with Crippen LogP contribution in [0.1, 0.15) is 30.6 Å². The van der Waals surface area contributed by atoms with E-state index in [1.165, 1.54) is 12.1 Å². The molecule has 6 nitrogen and oxygen atoms in total. The molecule has 0 aliphatic carbocycles. The van der Waals surface area contributed by atoms with Crippen LogP contribution in [0.3, 0.4) is 0 Å². The Bertz CT molecular complexity index is 505. The van der Waals surface area contributed by atoms with E-state index in [-0.39, 0.29) is 22.2 Å². The number of nitrogens with zero attached hydrogens (tertiary/aromatic N) is 1. The second kappa shape index (κ2) is 7.21. The monoisotopic (exact) mass is 300 g/mol. The lowest BCUT2D eigenvalue weighted by Crippen LogP contribution is -2.28. The average molecular weight is 301 g/mol. The molecule has 0 spiro atoms. The molecule has 0 aliphatic rings. The van der Waals surface area contributed by atoms with E-state index in [9.17, 15) is 20.0 Å². The predicted octanol–water partition coefficient (Wildman–Crippen LogP) is 2.39. The van der Waals surface area contributed by atoms with Crippen LogP contribution in [0.15, 0.2) is 18.2 Å². The van der Waals surface area contributed by atoms with Crippen molar-refractivity contribution < 1.29 is 14.8 Å². The third-order valence-electron chi connectivity index (χ3n) is 2.90. The van der Waals surface area contributed by atoms with Gasteiger partial charge in [0.2, 0.25) is 0 Å². The topological polar surface area (TPSA) is 92.5 Å². The largest absolute Gasteiger partial charge is 0.393 e.